The van der Waals surface area contributed by atoms with E-state index in [-0.39, 0.29) is 5.91 Å². The van der Waals surface area contributed by atoms with Crippen LogP contribution in [0.15, 0.2) is 0 Å². The lowest BCUT2D eigenvalue weighted by molar-refractivity contribution is -0.118. The number of rotatable bonds is 6. The average molecular weight is 299 g/mol. The van der Waals surface area contributed by atoms with Crippen LogP contribution >= 0.6 is 11.8 Å². The minimum Gasteiger partial charge on any atom is -0.354 e. The standard InChI is InChI=1S/C15H29N3OS/c1-13-4-9-18(10-5-13)11-8-17-15(19)12-20-14-2-6-16-7-3-14/h13-14,16H,2-12H2,1H3,(H,17,19). The molecule has 2 N–H and O–H groups in total. The molecule has 0 aromatic heterocycles. The lowest BCUT2D eigenvalue weighted by Crippen LogP contribution is -2.39. The van der Waals surface area contributed by atoms with Gasteiger partial charge in [-0.25, -0.2) is 0 Å². The van der Waals surface area contributed by atoms with Crippen LogP contribution in [-0.2, 0) is 4.79 Å². The predicted molar refractivity (Wildman–Crippen MR) is 86.2 cm³/mol. The van der Waals surface area contributed by atoms with Crippen molar-refractivity contribution >= 4 is 17.7 Å². The van der Waals surface area contributed by atoms with Gasteiger partial charge in [-0.2, -0.15) is 0 Å². The summed E-state index contributed by atoms with van der Waals surface area (Å²) in [4.78, 5) is 14.3. The number of nitrogens with one attached hydrogen (secondary N) is 2. The molecule has 0 aromatic rings. The summed E-state index contributed by atoms with van der Waals surface area (Å²) in [6.45, 7) is 8.74. The summed E-state index contributed by atoms with van der Waals surface area (Å²) < 4.78 is 0. The SMILES string of the molecule is CC1CCN(CCNC(=O)CSC2CCNCC2)CC1. The predicted octanol–water partition coefficient (Wildman–Crippen LogP) is 1.32. The van der Waals surface area contributed by atoms with Crippen LogP contribution in [0.5, 0.6) is 0 Å². The average Bonchev–Trinajstić information content (AvgIpc) is 2.48. The van der Waals surface area contributed by atoms with Crippen molar-refractivity contribution in [2.45, 2.75) is 37.9 Å². The van der Waals surface area contributed by atoms with Gasteiger partial charge in [0.1, 0.15) is 0 Å². The maximum absolute atomic E-state index is 11.8. The highest BCUT2D eigenvalue weighted by Crippen LogP contribution is 2.19. The molecule has 20 heavy (non-hydrogen) atoms. The molecule has 2 aliphatic heterocycles. The van der Waals surface area contributed by atoms with Gasteiger partial charge >= 0.3 is 0 Å². The Morgan fingerprint density at radius 1 is 1.25 bits per heavy atom. The minimum absolute atomic E-state index is 0.207. The van der Waals surface area contributed by atoms with E-state index in [9.17, 15) is 4.79 Å². The molecule has 0 spiro atoms. The highest BCUT2D eigenvalue weighted by molar-refractivity contribution is 8.00. The summed E-state index contributed by atoms with van der Waals surface area (Å²) in [5, 5.41) is 7.09. The van der Waals surface area contributed by atoms with Gasteiger partial charge in [0.25, 0.3) is 0 Å². The molecule has 2 rings (SSSR count). The third-order valence-corrected chi connectivity index (χ3v) is 5.73. The van der Waals surface area contributed by atoms with Crippen molar-refractivity contribution in [2.24, 2.45) is 5.92 Å². The monoisotopic (exact) mass is 299 g/mol. The number of carbonyl (C=O) groups is 1. The van der Waals surface area contributed by atoms with Gasteiger partial charge in [-0.15, -0.1) is 11.8 Å². The molecule has 4 nitrogen and oxygen atoms in total. The van der Waals surface area contributed by atoms with Crippen LogP contribution < -0.4 is 10.6 Å². The van der Waals surface area contributed by atoms with E-state index in [2.05, 4.69) is 22.5 Å². The van der Waals surface area contributed by atoms with E-state index in [0.29, 0.717) is 11.0 Å². The number of thioether (sulfide) groups is 1. The number of piperidine rings is 2. The van der Waals surface area contributed by atoms with E-state index >= 15 is 0 Å². The second kappa shape index (κ2) is 8.90. The van der Waals surface area contributed by atoms with Crippen LogP contribution in [0.25, 0.3) is 0 Å². The van der Waals surface area contributed by atoms with Crippen LogP contribution in [0.3, 0.4) is 0 Å². The Labute approximate surface area is 127 Å². The van der Waals surface area contributed by atoms with Crippen LogP contribution in [0, 0.1) is 5.92 Å². The summed E-state index contributed by atoms with van der Waals surface area (Å²) in [6, 6.07) is 0. The zero-order chi connectivity index (χ0) is 14.2. The lowest BCUT2D eigenvalue weighted by atomic mass is 9.99. The van der Waals surface area contributed by atoms with Crippen LogP contribution in [0.4, 0.5) is 0 Å². The normalized spacial score (nSPS) is 22.9. The molecular weight excluding hydrogens is 270 g/mol. The maximum Gasteiger partial charge on any atom is 0.230 e. The lowest BCUT2D eigenvalue weighted by Gasteiger charge is -2.30. The van der Waals surface area contributed by atoms with Crippen molar-refractivity contribution in [2.75, 3.05) is 45.0 Å². The van der Waals surface area contributed by atoms with Crippen LogP contribution in [0.2, 0.25) is 0 Å². The fourth-order valence-corrected chi connectivity index (χ4v) is 3.90. The highest BCUT2D eigenvalue weighted by atomic mass is 32.2. The Morgan fingerprint density at radius 2 is 1.95 bits per heavy atom. The molecule has 2 aliphatic rings. The summed E-state index contributed by atoms with van der Waals surface area (Å²) in [6.07, 6.45) is 5.01. The van der Waals surface area contributed by atoms with E-state index in [1.54, 1.807) is 0 Å². The molecular formula is C15H29N3OS. The molecule has 2 fully saturated rings. The van der Waals surface area contributed by atoms with Gasteiger partial charge < -0.3 is 15.5 Å². The molecule has 0 atom stereocenters. The van der Waals surface area contributed by atoms with Crippen LogP contribution in [0.1, 0.15) is 32.6 Å². The highest BCUT2D eigenvalue weighted by Gasteiger charge is 2.16. The molecule has 0 unspecified atom stereocenters. The second-order valence-corrected chi connectivity index (χ2v) is 7.42. The number of likely N-dealkylation sites (tertiary alicyclic amines) is 1. The molecule has 2 heterocycles. The number of nitrogens with zero attached hydrogens (tertiary/aromatic N) is 1. The Kier molecular flexibility index (Phi) is 7.17. The van der Waals surface area contributed by atoms with E-state index in [4.69, 9.17) is 0 Å². The number of carbonyl (C=O) groups excluding carboxylic acids is 1. The third-order valence-electron chi connectivity index (χ3n) is 4.36. The van der Waals surface area contributed by atoms with Gasteiger partial charge in [-0.05, 0) is 57.8 Å². The molecule has 0 radical (unpaired) electrons. The summed E-state index contributed by atoms with van der Waals surface area (Å²) in [7, 11) is 0. The number of hydrogen-bond acceptors (Lipinski definition) is 4. The van der Waals surface area contributed by atoms with Crippen molar-refractivity contribution in [3.63, 3.8) is 0 Å². The largest absolute Gasteiger partial charge is 0.354 e. The van der Waals surface area contributed by atoms with Gasteiger partial charge in [-0.3, -0.25) is 4.79 Å². The van der Waals surface area contributed by atoms with Crippen molar-refractivity contribution in [1.82, 2.24) is 15.5 Å². The Morgan fingerprint density at radius 3 is 2.65 bits per heavy atom. The Bertz CT molecular complexity index is 287. The van der Waals surface area contributed by atoms with Crippen LogP contribution in [-0.4, -0.2) is 61.1 Å². The van der Waals surface area contributed by atoms with Gasteiger partial charge in [-0.1, -0.05) is 6.92 Å². The molecule has 5 heteroatoms. The van der Waals surface area contributed by atoms with Crippen molar-refractivity contribution in [1.29, 1.82) is 0 Å². The molecule has 0 bridgehead atoms. The molecule has 1 amide bonds. The fourth-order valence-electron chi connectivity index (χ4n) is 2.85. The summed E-state index contributed by atoms with van der Waals surface area (Å²) in [5.74, 6) is 1.71. The summed E-state index contributed by atoms with van der Waals surface area (Å²) >= 11 is 1.83. The van der Waals surface area contributed by atoms with E-state index in [1.165, 1.54) is 38.8 Å². The zero-order valence-corrected chi connectivity index (χ0v) is 13.5. The van der Waals surface area contributed by atoms with Gasteiger partial charge in [0.15, 0.2) is 0 Å². The second-order valence-electron chi connectivity index (χ2n) is 6.13. The van der Waals surface area contributed by atoms with Crippen molar-refractivity contribution in [3.8, 4) is 0 Å². The first kappa shape index (κ1) is 16.1. The maximum atomic E-state index is 11.8. The minimum atomic E-state index is 0.207. The molecule has 2 saturated heterocycles. The third kappa shape index (κ3) is 6.02. The van der Waals surface area contributed by atoms with E-state index in [1.807, 2.05) is 11.8 Å². The quantitative estimate of drug-likeness (QED) is 0.776. The van der Waals surface area contributed by atoms with Crippen molar-refractivity contribution < 1.29 is 4.79 Å². The Balaban J connectivity index is 1.49. The van der Waals surface area contributed by atoms with Gasteiger partial charge in [0.05, 0.1) is 5.75 Å². The van der Waals surface area contributed by atoms with E-state index < -0.39 is 0 Å². The molecule has 0 aromatic carbocycles. The zero-order valence-electron chi connectivity index (χ0n) is 12.7. The van der Waals surface area contributed by atoms with E-state index in [0.717, 1.165) is 32.1 Å². The Hall–Kier alpha value is -0.260. The number of hydrogen-bond donors (Lipinski definition) is 2. The molecule has 0 saturated carbocycles. The molecule has 116 valence electrons. The smallest absolute Gasteiger partial charge is 0.230 e. The fraction of sp³-hybridized carbons (Fsp3) is 0.933. The first-order chi connectivity index (χ1) is 9.74. The first-order valence-corrected chi connectivity index (χ1v) is 9.10. The van der Waals surface area contributed by atoms with Gasteiger partial charge in [0, 0.05) is 18.3 Å². The van der Waals surface area contributed by atoms with Crippen molar-refractivity contribution in [3.05, 3.63) is 0 Å². The topological polar surface area (TPSA) is 44.4 Å². The first-order valence-electron chi connectivity index (χ1n) is 8.05. The number of amides is 1. The summed E-state index contributed by atoms with van der Waals surface area (Å²) in [5.41, 5.74) is 0. The van der Waals surface area contributed by atoms with Gasteiger partial charge in [0.2, 0.25) is 5.91 Å². The molecule has 0 aliphatic carbocycles.